The van der Waals surface area contributed by atoms with Gasteiger partial charge in [-0.25, -0.2) is 4.99 Å². The van der Waals surface area contributed by atoms with Gasteiger partial charge in [0.1, 0.15) is 5.52 Å². The molecule has 122 valence electrons. The van der Waals surface area contributed by atoms with Crippen LogP contribution in [-0.2, 0) is 6.54 Å². The van der Waals surface area contributed by atoms with Crippen LogP contribution in [0.5, 0.6) is 0 Å². The summed E-state index contributed by atoms with van der Waals surface area (Å²) in [6.07, 6.45) is 0. The minimum atomic E-state index is 0.432. The van der Waals surface area contributed by atoms with Crippen LogP contribution in [-0.4, -0.2) is 29.2 Å². The molecule has 1 aliphatic rings. The lowest BCUT2D eigenvalue weighted by Crippen LogP contribution is -2.45. The van der Waals surface area contributed by atoms with Crippen molar-refractivity contribution < 1.29 is 4.42 Å². The Morgan fingerprint density at radius 3 is 2.79 bits per heavy atom. The molecule has 1 aromatic heterocycles. The first-order valence-corrected chi connectivity index (χ1v) is 8.02. The molecule has 2 heterocycles. The Bertz CT molecular complexity index is 858. The summed E-state index contributed by atoms with van der Waals surface area (Å²) < 4.78 is 5.63. The Morgan fingerprint density at radius 2 is 2.00 bits per heavy atom. The average Bonchev–Trinajstić information content (AvgIpc) is 3.01. The molecule has 2 N–H and O–H groups in total. The molecule has 7 heteroatoms. The summed E-state index contributed by atoms with van der Waals surface area (Å²) in [5.41, 5.74) is 2.65. The van der Waals surface area contributed by atoms with E-state index in [-0.39, 0.29) is 0 Å². The van der Waals surface area contributed by atoms with E-state index in [4.69, 9.17) is 16.0 Å². The monoisotopic (exact) mass is 341 g/mol. The fraction of sp³-hybridized carbons (Fsp3) is 0.176. The largest absolute Gasteiger partial charge is 0.423 e. The van der Waals surface area contributed by atoms with Crippen molar-refractivity contribution in [3.8, 4) is 0 Å². The first-order valence-electron chi connectivity index (χ1n) is 7.64. The van der Waals surface area contributed by atoms with Crippen LogP contribution in [0.3, 0.4) is 0 Å². The van der Waals surface area contributed by atoms with E-state index in [1.807, 2.05) is 48.5 Å². The van der Waals surface area contributed by atoms with Crippen LogP contribution in [0.15, 0.2) is 57.9 Å². The van der Waals surface area contributed by atoms with E-state index in [1.54, 1.807) is 0 Å². The van der Waals surface area contributed by atoms with E-state index in [9.17, 15) is 0 Å². The van der Waals surface area contributed by atoms with Crippen molar-refractivity contribution in [3.63, 3.8) is 0 Å². The molecular weight excluding hydrogens is 326 g/mol. The smallest absolute Gasteiger partial charge is 0.302 e. The summed E-state index contributed by atoms with van der Waals surface area (Å²) in [6.45, 7) is 1.98. The van der Waals surface area contributed by atoms with Gasteiger partial charge in [0.2, 0.25) is 5.96 Å². The Kier molecular flexibility index (Phi) is 4.06. The number of para-hydroxylation sites is 2. The predicted octanol–water partition coefficient (Wildman–Crippen LogP) is 3.27. The average molecular weight is 342 g/mol. The van der Waals surface area contributed by atoms with Crippen molar-refractivity contribution in [2.75, 3.05) is 18.7 Å². The molecule has 0 spiro atoms. The first-order chi connectivity index (χ1) is 11.8. The number of aliphatic imine (C=N–C) groups is 1. The Labute approximate surface area is 144 Å². The second-order valence-electron chi connectivity index (χ2n) is 5.52. The Morgan fingerprint density at radius 1 is 1.17 bits per heavy atom. The molecule has 6 nitrogen and oxygen atoms in total. The van der Waals surface area contributed by atoms with E-state index < -0.39 is 0 Å². The number of benzene rings is 2. The normalized spacial score (nSPS) is 15.1. The molecule has 0 atom stereocenters. The standard InChI is InChI=1S/C17H16ClN5O/c18-13-6-2-1-5-12(13)9-23-10-19-16(20-11-23)22-17-21-14-7-3-4-8-15(14)24-17/h1-8H,9-11H2,(H2,19,20,21,22). The van der Waals surface area contributed by atoms with Gasteiger partial charge in [-0.15, -0.1) is 0 Å². The zero-order valence-electron chi connectivity index (χ0n) is 12.9. The Hall–Kier alpha value is -2.57. The molecule has 2 aromatic carbocycles. The van der Waals surface area contributed by atoms with Crippen LogP contribution in [0.4, 0.5) is 6.01 Å². The third-order valence-electron chi connectivity index (χ3n) is 3.77. The number of nitrogens with zero attached hydrogens (tertiary/aromatic N) is 3. The number of nitrogens with one attached hydrogen (secondary N) is 2. The van der Waals surface area contributed by atoms with Crippen LogP contribution in [0.25, 0.3) is 11.1 Å². The van der Waals surface area contributed by atoms with Gasteiger partial charge in [-0.1, -0.05) is 41.9 Å². The van der Waals surface area contributed by atoms with Crippen LogP contribution in [0.2, 0.25) is 5.02 Å². The van der Waals surface area contributed by atoms with Gasteiger partial charge in [-0.05, 0) is 23.8 Å². The highest BCUT2D eigenvalue weighted by Gasteiger charge is 2.15. The maximum absolute atomic E-state index is 6.20. The molecule has 24 heavy (non-hydrogen) atoms. The maximum atomic E-state index is 6.20. The molecule has 3 aromatic rings. The van der Waals surface area contributed by atoms with Crippen molar-refractivity contribution >= 4 is 34.7 Å². The molecule has 0 unspecified atom stereocenters. The highest BCUT2D eigenvalue weighted by Crippen LogP contribution is 2.19. The highest BCUT2D eigenvalue weighted by molar-refractivity contribution is 6.31. The van der Waals surface area contributed by atoms with Gasteiger partial charge in [0.25, 0.3) is 0 Å². The fourth-order valence-electron chi connectivity index (χ4n) is 2.55. The minimum absolute atomic E-state index is 0.432. The topological polar surface area (TPSA) is 65.7 Å². The van der Waals surface area contributed by atoms with E-state index >= 15 is 0 Å². The van der Waals surface area contributed by atoms with E-state index in [0.717, 1.165) is 28.2 Å². The number of hydrogen-bond acceptors (Lipinski definition) is 6. The van der Waals surface area contributed by atoms with Crippen LogP contribution in [0.1, 0.15) is 5.56 Å². The summed E-state index contributed by atoms with van der Waals surface area (Å²) in [6, 6.07) is 15.9. The van der Waals surface area contributed by atoms with Gasteiger partial charge < -0.3 is 9.73 Å². The summed E-state index contributed by atoms with van der Waals surface area (Å²) >= 11 is 6.20. The van der Waals surface area contributed by atoms with Crippen molar-refractivity contribution in [3.05, 3.63) is 59.1 Å². The third kappa shape index (κ3) is 3.20. The number of halogens is 1. The van der Waals surface area contributed by atoms with Crippen LogP contribution < -0.4 is 10.6 Å². The third-order valence-corrected chi connectivity index (χ3v) is 4.14. The fourth-order valence-corrected chi connectivity index (χ4v) is 2.74. The number of fused-ring (bicyclic) bond motifs is 1. The number of aromatic nitrogens is 1. The lowest BCUT2D eigenvalue weighted by molar-refractivity contribution is 0.256. The molecule has 0 saturated carbocycles. The molecule has 1 aliphatic heterocycles. The van der Waals surface area contributed by atoms with E-state index in [2.05, 4.69) is 25.5 Å². The van der Waals surface area contributed by atoms with Crippen molar-refractivity contribution in [2.24, 2.45) is 4.99 Å². The van der Waals surface area contributed by atoms with Gasteiger partial charge >= 0.3 is 6.01 Å². The van der Waals surface area contributed by atoms with Gasteiger partial charge in [0.15, 0.2) is 5.58 Å². The van der Waals surface area contributed by atoms with E-state index in [1.165, 1.54) is 0 Å². The Balaban J connectivity index is 1.40. The lowest BCUT2D eigenvalue weighted by Gasteiger charge is -2.26. The van der Waals surface area contributed by atoms with Gasteiger partial charge in [-0.3, -0.25) is 10.2 Å². The second kappa shape index (κ2) is 6.51. The number of guanidine groups is 1. The van der Waals surface area contributed by atoms with Gasteiger partial charge in [0, 0.05) is 11.6 Å². The van der Waals surface area contributed by atoms with Crippen molar-refractivity contribution in [1.82, 2.24) is 15.2 Å². The molecule has 0 amide bonds. The van der Waals surface area contributed by atoms with Gasteiger partial charge in [0.05, 0.1) is 13.3 Å². The molecule has 0 aliphatic carbocycles. The molecule has 4 rings (SSSR count). The second-order valence-corrected chi connectivity index (χ2v) is 5.92. The lowest BCUT2D eigenvalue weighted by atomic mass is 10.2. The summed E-state index contributed by atoms with van der Waals surface area (Å²) in [5, 5.41) is 7.07. The van der Waals surface area contributed by atoms with Crippen molar-refractivity contribution in [2.45, 2.75) is 6.54 Å². The van der Waals surface area contributed by atoms with E-state index in [0.29, 0.717) is 25.3 Å². The number of anilines is 1. The first kappa shape index (κ1) is 15.0. The summed E-state index contributed by atoms with van der Waals surface area (Å²) in [5.74, 6) is 0.650. The zero-order chi connectivity index (χ0) is 16.4. The molecule has 0 fully saturated rings. The summed E-state index contributed by atoms with van der Waals surface area (Å²) in [4.78, 5) is 11.0. The number of oxazole rings is 1. The zero-order valence-corrected chi connectivity index (χ0v) is 13.6. The SMILES string of the molecule is Clc1ccccc1CN1CN=C(Nc2nc3ccccc3o2)NC1. The van der Waals surface area contributed by atoms with Crippen LogP contribution >= 0.6 is 11.6 Å². The molecule has 0 bridgehead atoms. The molecule has 0 radical (unpaired) electrons. The minimum Gasteiger partial charge on any atom is -0.423 e. The number of rotatable bonds is 3. The summed E-state index contributed by atoms with van der Waals surface area (Å²) in [7, 11) is 0. The maximum Gasteiger partial charge on any atom is 0.302 e. The van der Waals surface area contributed by atoms with Crippen molar-refractivity contribution in [1.29, 1.82) is 0 Å². The van der Waals surface area contributed by atoms with Crippen LogP contribution in [0, 0.1) is 0 Å². The van der Waals surface area contributed by atoms with Gasteiger partial charge in [-0.2, -0.15) is 4.98 Å². The predicted molar refractivity (Wildman–Crippen MR) is 94.9 cm³/mol. The molecular formula is C17H16ClN5O. The quantitative estimate of drug-likeness (QED) is 0.765. The highest BCUT2D eigenvalue weighted by atomic mass is 35.5. The number of hydrogen-bond donors (Lipinski definition) is 2. The molecule has 0 saturated heterocycles.